The van der Waals surface area contributed by atoms with Crippen LogP contribution in [0.5, 0.6) is 5.75 Å². The Balaban J connectivity index is 0.00000387. The fraction of sp³-hybridized carbons (Fsp3) is 0.229. The summed E-state index contributed by atoms with van der Waals surface area (Å²) in [7, 11) is 0. The molecule has 0 bridgehead atoms. The summed E-state index contributed by atoms with van der Waals surface area (Å²) >= 11 is 1.56. The van der Waals surface area contributed by atoms with E-state index in [1.165, 1.54) is 0 Å². The van der Waals surface area contributed by atoms with E-state index in [-0.39, 0.29) is 37.6 Å². The van der Waals surface area contributed by atoms with E-state index in [0.29, 0.717) is 17.0 Å². The number of hydrogen-bond acceptors (Lipinski definition) is 5. The number of pyridine rings is 1. The average molecular weight is 740 g/mol. The van der Waals surface area contributed by atoms with Crippen LogP contribution in [-0.4, -0.2) is 20.1 Å². The molecule has 4 nitrogen and oxygen atoms in total. The van der Waals surface area contributed by atoms with Crippen LogP contribution >= 0.6 is 11.8 Å². The molecule has 0 aliphatic heterocycles. The molecule has 2 heterocycles. The van der Waals surface area contributed by atoms with Gasteiger partial charge in [-0.1, -0.05) is 101 Å². The molecule has 2 aromatic heterocycles. The molecule has 0 saturated heterocycles. The number of hydrogen-bond donors (Lipinski definition) is 1. The van der Waals surface area contributed by atoms with Crippen molar-refractivity contribution in [3.05, 3.63) is 108 Å². The maximum Gasteiger partial charge on any atom is 0.128 e. The van der Waals surface area contributed by atoms with E-state index in [0.717, 1.165) is 37.9 Å². The first kappa shape index (κ1) is 30.7. The van der Waals surface area contributed by atoms with Gasteiger partial charge in [0, 0.05) is 44.1 Å². The van der Waals surface area contributed by atoms with Crippen molar-refractivity contribution in [1.29, 1.82) is 0 Å². The molecule has 3 aromatic carbocycles. The monoisotopic (exact) mass is 739 g/mol. The molecule has 0 spiro atoms. The normalized spacial score (nSPS) is 11.7. The molecule has 1 N–H and O–H groups in total. The van der Waals surface area contributed by atoms with E-state index >= 15 is 0 Å². The molecule has 6 heteroatoms. The van der Waals surface area contributed by atoms with Crippen LogP contribution in [0.1, 0.15) is 52.7 Å². The van der Waals surface area contributed by atoms with Crippen molar-refractivity contribution in [2.75, 3.05) is 0 Å². The average Bonchev–Trinajstić information content (AvgIpc) is 2.93. The standard InChI is InChI=1S/C35H34N3OS.Pt/c1-34(2,3)25-20-27(33(39)28(21-25)35(4,5)6)29-22-37-31(23-13-8-7-9-14-23)32(38-29)24-15-12-16-26(19-24)40-30-17-10-11-18-36-30;/h7-18,20-22,39H,1-6H3;/q-1;. The Morgan fingerprint density at radius 2 is 1.49 bits per heavy atom. The SMILES string of the molecule is CC(C)(C)c1cc(-c2cnc(-c3ccccc3)c(-c3[c-]c(Sc4ccccn4)ccc3)n2)c(O)c(C(C)(C)C)c1.[Pt]. The van der Waals surface area contributed by atoms with Crippen molar-refractivity contribution < 1.29 is 26.2 Å². The van der Waals surface area contributed by atoms with E-state index < -0.39 is 0 Å². The molecule has 0 unspecified atom stereocenters. The second-order valence-electron chi connectivity index (χ2n) is 11.9. The van der Waals surface area contributed by atoms with Crippen LogP contribution in [0.15, 0.2) is 101 Å². The van der Waals surface area contributed by atoms with Crippen molar-refractivity contribution in [1.82, 2.24) is 15.0 Å². The second kappa shape index (κ2) is 12.3. The molecule has 41 heavy (non-hydrogen) atoms. The Hall–Kier alpha value is -3.27. The molecular formula is C35H34N3OPtS-. The Labute approximate surface area is 262 Å². The summed E-state index contributed by atoms with van der Waals surface area (Å²) in [6, 6.07) is 29.7. The van der Waals surface area contributed by atoms with Crippen molar-refractivity contribution in [2.24, 2.45) is 0 Å². The van der Waals surface area contributed by atoms with Gasteiger partial charge in [-0.05, 0) is 40.2 Å². The van der Waals surface area contributed by atoms with Crippen LogP contribution < -0.4 is 0 Å². The number of benzene rings is 3. The molecule has 0 fully saturated rings. The Morgan fingerprint density at radius 3 is 2.15 bits per heavy atom. The first-order valence-electron chi connectivity index (χ1n) is 13.4. The Morgan fingerprint density at radius 1 is 0.756 bits per heavy atom. The summed E-state index contributed by atoms with van der Waals surface area (Å²) in [4.78, 5) is 15.5. The fourth-order valence-electron chi connectivity index (χ4n) is 4.51. The van der Waals surface area contributed by atoms with E-state index in [4.69, 9.17) is 9.97 Å². The van der Waals surface area contributed by atoms with Crippen LogP contribution in [-0.2, 0) is 31.9 Å². The summed E-state index contributed by atoms with van der Waals surface area (Å²) in [5.74, 6) is 0.247. The van der Waals surface area contributed by atoms with Crippen molar-refractivity contribution >= 4 is 11.8 Å². The summed E-state index contributed by atoms with van der Waals surface area (Å²) in [6.45, 7) is 12.9. The minimum atomic E-state index is -0.245. The summed E-state index contributed by atoms with van der Waals surface area (Å²) in [6.07, 6.45) is 3.56. The third-order valence-corrected chi connectivity index (χ3v) is 7.66. The minimum Gasteiger partial charge on any atom is -0.507 e. The van der Waals surface area contributed by atoms with Gasteiger partial charge in [-0.2, -0.15) is 0 Å². The van der Waals surface area contributed by atoms with Crippen molar-refractivity contribution in [3.63, 3.8) is 0 Å². The summed E-state index contributed by atoms with van der Waals surface area (Å²) in [5.41, 5.74) is 6.27. The summed E-state index contributed by atoms with van der Waals surface area (Å²) < 4.78 is 0. The number of rotatable bonds is 5. The molecule has 0 saturated carbocycles. The number of aromatic nitrogens is 3. The van der Waals surface area contributed by atoms with E-state index in [9.17, 15) is 5.11 Å². The largest absolute Gasteiger partial charge is 0.507 e. The van der Waals surface area contributed by atoms with E-state index in [1.54, 1.807) is 24.2 Å². The zero-order chi connectivity index (χ0) is 28.5. The van der Waals surface area contributed by atoms with Gasteiger partial charge in [0.2, 0.25) is 0 Å². The number of nitrogens with zero attached hydrogens (tertiary/aromatic N) is 3. The van der Waals surface area contributed by atoms with Gasteiger partial charge in [-0.25, -0.2) is 4.98 Å². The number of phenols is 1. The van der Waals surface area contributed by atoms with Crippen molar-refractivity contribution in [2.45, 2.75) is 62.3 Å². The molecule has 5 aromatic rings. The molecule has 0 atom stereocenters. The predicted octanol–water partition coefficient (Wildman–Crippen LogP) is 9.12. The van der Waals surface area contributed by atoms with Gasteiger partial charge in [0.1, 0.15) is 5.75 Å². The third-order valence-electron chi connectivity index (χ3n) is 6.76. The maximum absolute atomic E-state index is 11.5. The smallest absolute Gasteiger partial charge is 0.128 e. The number of aromatic hydroxyl groups is 1. The Bertz CT molecular complexity index is 1640. The number of phenolic OH excluding ortho intramolecular Hbond substituents is 1. The van der Waals surface area contributed by atoms with Crippen LogP contribution in [0.4, 0.5) is 0 Å². The van der Waals surface area contributed by atoms with Crippen LogP contribution in [0, 0.1) is 6.07 Å². The van der Waals surface area contributed by atoms with Gasteiger partial charge >= 0.3 is 0 Å². The van der Waals surface area contributed by atoms with Gasteiger partial charge in [0.15, 0.2) is 0 Å². The minimum absolute atomic E-state index is 0. The zero-order valence-electron chi connectivity index (χ0n) is 24.2. The van der Waals surface area contributed by atoms with Gasteiger partial charge in [0.05, 0.1) is 22.6 Å². The van der Waals surface area contributed by atoms with Crippen LogP contribution in [0.2, 0.25) is 0 Å². The topological polar surface area (TPSA) is 58.9 Å². The third kappa shape index (κ3) is 6.97. The second-order valence-corrected chi connectivity index (χ2v) is 13.0. The first-order chi connectivity index (χ1) is 19.0. The zero-order valence-corrected chi connectivity index (χ0v) is 27.3. The molecule has 212 valence electrons. The van der Waals surface area contributed by atoms with Crippen molar-refractivity contribution in [3.8, 4) is 39.5 Å². The molecule has 0 aliphatic carbocycles. The Kier molecular flexibility index (Phi) is 9.21. The van der Waals surface area contributed by atoms with Gasteiger partial charge in [-0.15, -0.1) is 29.8 Å². The van der Waals surface area contributed by atoms with Gasteiger partial charge in [0.25, 0.3) is 0 Å². The van der Waals surface area contributed by atoms with Gasteiger partial charge in [-0.3, -0.25) is 9.97 Å². The molecule has 5 rings (SSSR count). The molecule has 0 radical (unpaired) electrons. The predicted molar refractivity (Wildman–Crippen MR) is 165 cm³/mol. The maximum atomic E-state index is 11.5. The van der Waals surface area contributed by atoms with Crippen LogP contribution in [0.3, 0.4) is 0 Å². The first-order valence-corrected chi connectivity index (χ1v) is 14.2. The van der Waals surface area contributed by atoms with E-state index in [1.807, 2.05) is 66.7 Å². The fourth-order valence-corrected chi connectivity index (χ4v) is 5.31. The van der Waals surface area contributed by atoms with E-state index in [2.05, 4.69) is 64.7 Å². The molecule has 0 amide bonds. The summed E-state index contributed by atoms with van der Waals surface area (Å²) in [5, 5.41) is 12.4. The molecule has 0 aliphatic rings. The van der Waals surface area contributed by atoms with Crippen LogP contribution in [0.25, 0.3) is 33.8 Å². The molecular weight excluding hydrogens is 706 g/mol. The van der Waals surface area contributed by atoms with Gasteiger partial charge < -0.3 is 5.11 Å². The quantitative estimate of drug-likeness (QED) is 0.182.